The third kappa shape index (κ3) is 16.4. The van der Waals surface area contributed by atoms with E-state index in [2.05, 4.69) is 43.3 Å². The average molecular weight is 1040 g/mol. The molecule has 6 amide bonds. The summed E-state index contributed by atoms with van der Waals surface area (Å²) in [7, 11) is 3.29. The Morgan fingerprint density at radius 1 is 0.681 bits per heavy atom. The number of rotatable bonds is 22. The van der Waals surface area contributed by atoms with Crippen LogP contribution in [0.3, 0.4) is 0 Å². The summed E-state index contributed by atoms with van der Waals surface area (Å²) < 4.78 is 0. The summed E-state index contributed by atoms with van der Waals surface area (Å²) in [6, 6.07) is 18.3. The van der Waals surface area contributed by atoms with Gasteiger partial charge in [0.1, 0.15) is 24.2 Å². The molecule has 2 aliphatic rings. The molecule has 0 aromatic heterocycles. The number of carbonyl (C=O) groups is 8. The van der Waals surface area contributed by atoms with Crippen molar-refractivity contribution in [3.63, 3.8) is 0 Å². The Hall–Kier alpha value is -5.68. The lowest BCUT2D eigenvalue weighted by molar-refractivity contribution is -0.144. The summed E-state index contributed by atoms with van der Waals surface area (Å²) >= 11 is 0. The SMILES string of the molecule is CN[C@@H](C)C(=O)N[C@@H](C)C(=O)N[C@@H](CCCC(=O)c1cccc(C(=O)C[C@H]2C[C@@H](C(=O)N[C@@H]3CCCc4ccccc43)N(C(=O)[C@@H](NC(=O)[C@H](C)NC)C(C)(C)C)C2)c1)C(=O)N[C@H](C)c1ccccc1.Cl.Cl. The summed E-state index contributed by atoms with van der Waals surface area (Å²) in [5.74, 6) is -3.37. The van der Waals surface area contributed by atoms with E-state index in [4.69, 9.17) is 0 Å². The van der Waals surface area contributed by atoms with Crippen molar-refractivity contribution in [2.45, 2.75) is 148 Å². The highest BCUT2D eigenvalue weighted by Gasteiger charge is 2.46. The number of fused-ring (bicyclic) bond motifs is 1. The lowest BCUT2D eigenvalue weighted by Crippen LogP contribution is -2.59. The number of benzene rings is 3. The first-order chi connectivity index (χ1) is 33.2. The van der Waals surface area contributed by atoms with Crippen molar-refractivity contribution in [2.24, 2.45) is 11.3 Å². The number of aryl methyl sites for hydroxylation is 1. The fraction of sp³-hybridized carbons (Fsp3) is 0.519. The predicted molar refractivity (Wildman–Crippen MR) is 283 cm³/mol. The number of halogens is 2. The Bertz CT molecular complexity index is 2360. The Morgan fingerprint density at radius 2 is 1.28 bits per heavy atom. The monoisotopic (exact) mass is 1030 g/mol. The molecule has 18 heteroatoms. The Balaban J connectivity index is 0.00000684. The van der Waals surface area contributed by atoms with Crippen molar-refractivity contribution in [2.75, 3.05) is 20.6 Å². The van der Waals surface area contributed by atoms with Gasteiger partial charge in [0.2, 0.25) is 35.4 Å². The molecule has 5 rings (SSSR count). The molecule has 1 heterocycles. The maximum atomic E-state index is 14.6. The van der Waals surface area contributed by atoms with Gasteiger partial charge in [0.05, 0.1) is 24.2 Å². The number of nitrogens with one attached hydrogen (secondary N) is 7. The highest BCUT2D eigenvalue weighted by atomic mass is 35.5. The third-order valence-corrected chi connectivity index (χ3v) is 13.6. The van der Waals surface area contributed by atoms with Gasteiger partial charge in [0, 0.05) is 30.5 Å². The Labute approximate surface area is 437 Å². The minimum atomic E-state index is -1.02. The normalized spacial score (nSPS) is 18.7. The van der Waals surface area contributed by atoms with E-state index in [1.54, 1.807) is 52.2 Å². The van der Waals surface area contributed by atoms with E-state index >= 15 is 0 Å². The number of hydrogen-bond acceptors (Lipinski definition) is 10. The molecule has 0 spiro atoms. The first-order valence-corrected chi connectivity index (χ1v) is 24.7. The van der Waals surface area contributed by atoms with Crippen LogP contribution in [0, 0.1) is 11.3 Å². The van der Waals surface area contributed by atoms with Gasteiger partial charge in [-0.1, -0.05) is 93.6 Å². The number of nitrogens with zero attached hydrogens (tertiary/aromatic N) is 1. The van der Waals surface area contributed by atoms with Crippen molar-refractivity contribution >= 4 is 71.8 Å². The Kier molecular flexibility index (Phi) is 23.5. The van der Waals surface area contributed by atoms with Crippen LogP contribution in [0.2, 0.25) is 0 Å². The molecule has 16 nitrogen and oxygen atoms in total. The van der Waals surface area contributed by atoms with E-state index in [0.717, 1.165) is 30.4 Å². The molecule has 7 N–H and O–H groups in total. The molecule has 0 saturated carbocycles. The summed E-state index contributed by atoms with van der Waals surface area (Å²) in [5, 5.41) is 20.3. The second-order valence-corrected chi connectivity index (χ2v) is 20.0. The Morgan fingerprint density at radius 3 is 1.92 bits per heavy atom. The molecule has 0 unspecified atom stereocenters. The third-order valence-electron chi connectivity index (χ3n) is 13.6. The van der Waals surface area contributed by atoms with Crippen LogP contribution in [0.5, 0.6) is 0 Å². The molecule has 0 radical (unpaired) electrons. The van der Waals surface area contributed by atoms with Gasteiger partial charge in [-0.25, -0.2) is 0 Å². The van der Waals surface area contributed by atoms with E-state index in [0.29, 0.717) is 11.1 Å². The lowest BCUT2D eigenvalue weighted by atomic mass is 9.85. The fourth-order valence-electron chi connectivity index (χ4n) is 9.04. The van der Waals surface area contributed by atoms with E-state index < -0.39 is 65.3 Å². The molecule has 1 saturated heterocycles. The zero-order chi connectivity index (χ0) is 51.3. The first kappa shape index (κ1) is 60.6. The van der Waals surface area contributed by atoms with Crippen LogP contribution in [0.25, 0.3) is 0 Å². The number of ketones is 2. The lowest BCUT2D eigenvalue weighted by Gasteiger charge is -2.36. The van der Waals surface area contributed by atoms with Crippen LogP contribution in [0.15, 0.2) is 78.9 Å². The number of likely N-dealkylation sites (tertiary alicyclic amines) is 1. The van der Waals surface area contributed by atoms with Gasteiger partial charge in [-0.15, -0.1) is 24.8 Å². The van der Waals surface area contributed by atoms with Gasteiger partial charge in [-0.05, 0) is 114 Å². The summed E-state index contributed by atoms with van der Waals surface area (Å²) in [4.78, 5) is 111. The molecule has 3 aromatic rings. The molecule has 0 bridgehead atoms. The van der Waals surface area contributed by atoms with Gasteiger partial charge in [-0.2, -0.15) is 0 Å². The van der Waals surface area contributed by atoms with Crippen molar-refractivity contribution < 1.29 is 38.4 Å². The smallest absolute Gasteiger partial charge is 0.246 e. The van der Waals surface area contributed by atoms with E-state index in [1.807, 2.05) is 76.2 Å². The zero-order valence-corrected chi connectivity index (χ0v) is 44.7. The summed E-state index contributed by atoms with van der Waals surface area (Å²) in [6.45, 7) is 12.4. The largest absolute Gasteiger partial charge is 0.348 e. The average Bonchev–Trinajstić information content (AvgIpc) is 3.78. The highest BCUT2D eigenvalue weighted by Crippen LogP contribution is 2.34. The maximum Gasteiger partial charge on any atom is 0.246 e. The van der Waals surface area contributed by atoms with Gasteiger partial charge in [-0.3, -0.25) is 38.4 Å². The summed E-state index contributed by atoms with van der Waals surface area (Å²) in [5.41, 5.74) is 2.99. The predicted octanol–water partition coefficient (Wildman–Crippen LogP) is 5.48. The van der Waals surface area contributed by atoms with Crippen LogP contribution in [-0.4, -0.2) is 109 Å². The molecule has 9 atom stereocenters. The van der Waals surface area contributed by atoms with E-state index in [1.165, 1.54) is 17.4 Å². The van der Waals surface area contributed by atoms with Gasteiger partial charge in [0.15, 0.2) is 11.6 Å². The standard InChI is InChI=1S/C54H74N8O8.2ClH/c1-32(37-18-11-10-12-19-37)57-51(68)43(60-50(67)35(4)58-48(65)33(2)55-8)26-17-27-45(63)39-22-15-23-40(30-39)46(64)29-36-28-44(52(69)59-42-25-16-21-38-20-13-14-24-41(38)42)62(31-36)53(70)47(54(5,6)7)61-49(66)34(3)56-9;;/h10-15,18-20,22-24,30,32-36,42-44,47,55-56H,16-17,21,25-29,31H2,1-9H3,(H,57,68)(H,58,65)(H,59,69)(H,60,67)(H,61,66);2*1H/t32-,33+,34+,35+,36-,42-,43+,44+,47-;;/m1../s1. The molecule has 1 aliphatic heterocycles. The second-order valence-electron chi connectivity index (χ2n) is 20.0. The minimum absolute atomic E-state index is 0. The molecule has 3 aromatic carbocycles. The number of amides is 6. The highest BCUT2D eigenvalue weighted by molar-refractivity contribution is 6.02. The van der Waals surface area contributed by atoms with Crippen LogP contribution in [-0.2, 0) is 35.2 Å². The molecule has 394 valence electrons. The number of likely N-dealkylation sites (N-methyl/N-ethyl adjacent to an activating group) is 2. The van der Waals surface area contributed by atoms with Crippen molar-refractivity contribution in [1.82, 2.24) is 42.1 Å². The number of carbonyl (C=O) groups excluding carboxylic acids is 8. The van der Waals surface area contributed by atoms with Crippen molar-refractivity contribution in [3.8, 4) is 0 Å². The minimum Gasteiger partial charge on any atom is -0.348 e. The van der Waals surface area contributed by atoms with Gasteiger partial charge < -0.3 is 42.1 Å². The fourth-order valence-corrected chi connectivity index (χ4v) is 9.04. The quantitative estimate of drug-likeness (QED) is 0.0628. The van der Waals surface area contributed by atoms with Gasteiger partial charge >= 0.3 is 0 Å². The van der Waals surface area contributed by atoms with Crippen LogP contribution >= 0.6 is 24.8 Å². The van der Waals surface area contributed by atoms with Gasteiger partial charge in [0.25, 0.3) is 0 Å². The van der Waals surface area contributed by atoms with Crippen LogP contribution < -0.4 is 37.2 Å². The number of hydrogen-bond donors (Lipinski definition) is 7. The second kappa shape index (κ2) is 28.0. The maximum absolute atomic E-state index is 14.6. The molecule has 1 fully saturated rings. The van der Waals surface area contributed by atoms with E-state index in [9.17, 15) is 38.4 Å². The van der Waals surface area contributed by atoms with Crippen molar-refractivity contribution in [3.05, 3.63) is 107 Å². The van der Waals surface area contributed by atoms with Crippen molar-refractivity contribution in [1.29, 1.82) is 0 Å². The molecule has 72 heavy (non-hydrogen) atoms. The number of Topliss-reactive ketones (excluding diaryl/α,β-unsaturated/α-hetero) is 2. The topological polar surface area (TPSA) is 224 Å². The van der Waals surface area contributed by atoms with E-state index in [-0.39, 0.29) is 105 Å². The van der Waals surface area contributed by atoms with Crippen LogP contribution in [0.4, 0.5) is 0 Å². The zero-order valence-electron chi connectivity index (χ0n) is 43.1. The molecular weight excluding hydrogens is 960 g/mol. The first-order valence-electron chi connectivity index (χ1n) is 24.7. The molecule has 1 aliphatic carbocycles. The van der Waals surface area contributed by atoms with Crippen LogP contribution in [0.1, 0.15) is 143 Å². The summed E-state index contributed by atoms with van der Waals surface area (Å²) in [6.07, 6.45) is 3.15. The molecular formula is C54H76Cl2N8O8.